The number of halogens is 7. The summed E-state index contributed by atoms with van der Waals surface area (Å²) in [5.41, 5.74) is -1.69. The summed E-state index contributed by atoms with van der Waals surface area (Å²) >= 11 is 5.49. The molecule has 148 valence electrons. The van der Waals surface area contributed by atoms with Crippen LogP contribution < -0.4 is 10.1 Å². The number of benzene rings is 1. The Morgan fingerprint density at radius 2 is 1.89 bits per heavy atom. The van der Waals surface area contributed by atoms with Crippen LogP contribution in [0.25, 0.3) is 0 Å². The van der Waals surface area contributed by atoms with Gasteiger partial charge in [0.15, 0.2) is 0 Å². The summed E-state index contributed by atoms with van der Waals surface area (Å²) in [6, 6.07) is 3.94. The molecular formula is C15H12ClF6N3O2. The van der Waals surface area contributed by atoms with Crippen molar-refractivity contribution < 1.29 is 35.9 Å². The lowest BCUT2D eigenvalue weighted by Gasteiger charge is -2.13. The van der Waals surface area contributed by atoms with Crippen LogP contribution in [0.3, 0.4) is 0 Å². The van der Waals surface area contributed by atoms with Crippen LogP contribution in [0.5, 0.6) is 5.75 Å². The Morgan fingerprint density at radius 1 is 1.22 bits per heavy atom. The number of amides is 1. The molecule has 5 nitrogen and oxygen atoms in total. The fourth-order valence-electron chi connectivity index (χ4n) is 2.21. The Balaban J connectivity index is 2.27. The van der Waals surface area contributed by atoms with E-state index in [0.717, 1.165) is 0 Å². The maximum atomic E-state index is 13.1. The van der Waals surface area contributed by atoms with Crippen molar-refractivity contribution >= 4 is 23.2 Å². The van der Waals surface area contributed by atoms with Crippen molar-refractivity contribution in [3.05, 3.63) is 40.2 Å². The Labute approximate surface area is 153 Å². The smallest absolute Gasteiger partial charge is 0.387 e. The monoisotopic (exact) mass is 415 g/mol. The number of anilines is 1. The number of nitrogens with one attached hydrogen (secondary N) is 1. The van der Waals surface area contributed by atoms with Crippen molar-refractivity contribution in [1.82, 2.24) is 9.78 Å². The van der Waals surface area contributed by atoms with E-state index in [-0.39, 0.29) is 11.4 Å². The molecule has 12 heteroatoms. The van der Waals surface area contributed by atoms with Crippen LogP contribution in [0.1, 0.15) is 29.8 Å². The summed E-state index contributed by atoms with van der Waals surface area (Å²) in [6.07, 6.45) is -6.48. The molecule has 0 atom stereocenters. The fourth-order valence-corrected chi connectivity index (χ4v) is 2.51. The van der Waals surface area contributed by atoms with E-state index in [2.05, 4.69) is 15.2 Å². The summed E-state index contributed by atoms with van der Waals surface area (Å²) in [5, 5.41) is 4.50. The van der Waals surface area contributed by atoms with Gasteiger partial charge in [0.25, 0.3) is 12.9 Å². The van der Waals surface area contributed by atoms with Gasteiger partial charge in [-0.15, -0.1) is 0 Å². The standard InChI is InChI=1S/C15H12ClF6N3O2/c1-6-2-3-8(27-15(21)22)7(4-6)23-9(26)5-25-12(14(19)20)10(16)11(24-25)13(17)18/h2-4,13-15H,5H2,1H3,(H,23,26). The van der Waals surface area contributed by atoms with Gasteiger partial charge in [0.1, 0.15) is 23.7 Å². The molecule has 0 fully saturated rings. The topological polar surface area (TPSA) is 56.1 Å². The second-order valence-corrected chi connectivity index (χ2v) is 5.65. The number of hydrogen-bond acceptors (Lipinski definition) is 3. The predicted molar refractivity (Wildman–Crippen MR) is 83.6 cm³/mol. The molecule has 0 aliphatic heterocycles. The van der Waals surface area contributed by atoms with Crippen molar-refractivity contribution in [2.75, 3.05) is 5.32 Å². The average molecular weight is 416 g/mol. The van der Waals surface area contributed by atoms with Gasteiger partial charge < -0.3 is 10.1 Å². The number of ether oxygens (including phenoxy) is 1. The summed E-state index contributed by atoms with van der Waals surface area (Å²) < 4.78 is 81.2. The van der Waals surface area contributed by atoms with Crippen LogP contribution in [0.15, 0.2) is 18.2 Å². The van der Waals surface area contributed by atoms with Crippen molar-refractivity contribution in [3.8, 4) is 5.75 Å². The number of nitrogens with zero attached hydrogens (tertiary/aromatic N) is 2. The zero-order chi connectivity index (χ0) is 20.3. The molecule has 0 radical (unpaired) electrons. The first kappa shape index (κ1) is 20.9. The molecule has 0 aliphatic carbocycles. The number of carbonyl (C=O) groups is 1. The van der Waals surface area contributed by atoms with Crippen LogP contribution in [0.2, 0.25) is 5.02 Å². The second-order valence-electron chi connectivity index (χ2n) is 5.27. The average Bonchev–Trinajstić information content (AvgIpc) is 2.86. The molecule has 1 aromatic carbocycles. The van der Waals surface area contributed by atoms with Gasteiger partial charge in [-0.2, -0.15) is 13.9 Å². The maximum absolute atomic E-state index is 13.1. The molecule has 1 aromatic heterocycles. The Morgan fingerprint density at radius 3 is 2.44 bits per heavy atom. The third-order valence-electron chi connectivity index (χ3n) is 3.29. The minimum atomic E-state index is -3.26. The van der Waals surface area contributed by atoms with E-state index in [0.29, 0.717) is 10.2 Å². The molecular weight excluding hydrogens is 404 g/mol. The molecule has 2 rings (SSSR count). The van der Waals surface area contributed by atoms with Gasteiger partial charge in [-0.05, 0) is 24.6 Å². The number of rotatable bonds is 7. The molecule has 27 heavy (non-hydrogen) atoms. The maximum Gasteiger partial charge on any atom is 0.387 e. The van der Waals surface area contributed by atoms with Gasteiger partial charge in [-0.3, -0.25) is 9.48 Å². The summed E-state index contributed by atoms with van der Waals surface area (Å²) in [7, 11) is 0. The SMILES string of the molecule is Cc1ccc(OC(F)F)c(NC(=O)Cn2nc(C(F)F)c(Cl)c2C(F)F)c1. The van der Waals surface area contributed by atoms with E-state index in [9.17, 15) is 31.1 Å². The van der Waals surface area contributed by atoms with Gasteiger partial charge in [-0.1, -0.05) is 17.7 Å². The van der Waals surface area contributed by atoms with Crippen LogP contribution >= 0.6 is 11.6 Å². The summed E-state index contributed by atoms with van der Waals surface area (Å²) in [4.78, 5) is 12.1. The summed E-state index contributed by atoms with van der Waals surface area (Å²) in [6.45, 7) is -2.44. The molecule has 1 heterocycles. The molecule has 0 spiro atoms. The van der Waals surface area contributed by atoms with Crippen molar-refractivity contribution in [1.29, 1.82) is 0 Å². The van der Waals surface area contributed by atoms with E-state index in [1.807, 2.05) is 0 Å². The Hall–Kier alpha value is -2.43. The predicted octanol–water partition coefficient (Wildman–Crippen LogP) is 4.96. The van der Waals surface area contributed by atoms with E-state index in [1.54, 1.807) is 6.92 Å². The first-order valence-electron chi connectivity index (χ1n) is 7.27. The molecule has 1 N–H and O–H groups in total. The third-order valence-corrected chi connectivity index (χ3v) is 3.68. The number of aromatic nitrogens is 2. The minimum Gasteiger partial charge on any atom is -0.433 e. The van der Waals surface area contributed by atoms with Crippen LogP contribution in [-0.2, 0) is 11.3 Å². The van der Waals surface area contributed by atoms with Gasteiger partial charge in [0, 0.05) is 0 Å². The highest BCUT2D eigenvalue weighted by Gasteiger charge is 2.28. The second kappa shape index (κ2) is 8.51. The highest BCUT2D eigenvalue weighted by Crippen LogP contribution is 2.34. The highest BCUT2D eigenvalue weighted by atomic mass is 35.5. The fraction of sp³-hybridized carbons (Fsp3) is 0.333. The van der Waals surface area contributed by atoms with Crippen LogP contribution in [-0.4, -0.2) is 22.3 Å². The first-order valence-corrected chi connectivity index (χ1v) is 7.65. The lowest BCUT2D eigenvalue weighted by Crippen LogP contribution is -2.22. The minimum absolute atomic E-state index is 0.147. The quantitative estimate of drug-likeness (QED) is 0.650. The number of aryl methyl sites for hydroxylation is 1. The van der Waals surface area contributed by atoms with Crippen molar-refractivity contribution in [3.63, 3.8) is 0 Å². The van der Waals surface area contributed by atoms with Gasteiger partial charge in [0.2, 0.25) is 5.91 Å². The lowest BCUT2D eigenvalue weighted by atomic mass is 10.2. The van der Waals surface area contributed by atoms with Crippen LogP contribution in [0.4, 0.5) is 32.0 Å². The van der Waals surface area contributed by atoms with Gasteiger partial charge >= 0.3 is 6.61 Å². The molecule has 0 saturated heterocycles. The molecule has 0 unspecified atom stereocenters. The molecule has 1 amide bonds. The highest BCUT2D eigenvalue weighted by molar-refractivity contribution is 6.32. The normalized spacial score (nSPS) is 11.5. The lowest BCUT2D eigenvalue weighted by molar-refractivity contribution is -0.117. The Kier molecular flexibility index (Phi) is 6.58. The zero-order valence-electron chi connectivity index (χ0n) is 13.5. The number of alkyl halides is 6. The van der Waals surface area contributed by atoms with E-state index < -0.39 is 48.3 Å². The number of carbonyl (C=O) groups excluding carboxylic acids is 1. The van der Waals surface area contributed by atoms with Gasteiger partial charge in [-0.25, -0.2) is 17.6 Å². The molecule has 0 aliphatic rings. The molecule has 0 bridgehead atoms. The van der Waals surface area contributed by atoms with Crippen LogP contribution in [0, 0.1) is 6.92 Å². The zero-order valence-corrected chi connectivity index (χ0v) is 14.3. The largest absolute Gasteiger partial charge is 0.433 e. The Bertz CT molecular complexity index is 828. The van der Waals surface area contributed by atoms with E-state index >= 15 is 0 Å². The van der Waals surface area contributed by atoms with Crippen molar-refractivity contribution in [2.45, 2.75) is 32.9 Å². The van der Waals surface area contributed by atoms with Gasteiger partial charge in [0.05, 0.1) is 10.7 Å². The third kappa shape index (κ3) is 5.06. The number of hydrogen-bond donors (Lipinski definition) is 1. The molecule has 2 aromatic rings. The van der Waals surface area contributed by atoms with E-state index in [4.69, 9.17) is 11.6 Å². The van der Waals surface area contributed by atoms with Crippen molar-refractivity contribution in [2.24, 2.45) is 0 Å². The first-order chi connectivity index (χ1) is 12.6. The molecule has 0 saturated carbocycles. The van der Waals surface area contributed by atoms with E-state index in [1.165, 1.54) is 18.2 Å². The summed E-state index contributed by atoms with van der Waals surface area (Å²) in [5.74, 6) is -1.34.